The number of likely N-dealkylation sites (N-methyl/N-ethyl adjacent to an activating group) is 1. The molecule has 0 saturated heterocycles. The smallest absolute Gasteiger partial charge is 0.257 e. The van der Waals surface area contributed by atoms with Crippen molar-refractivity contribution in [3.63, 3.8) is 0 Å². The summed E-state index contributed by atoms with van der Waals surface area (Å²) in [6, 6.07) is 6.64. The van der Waals surface area contributed by atoms with Crippen LogP contribution in [0.1, 0.15) is 12.7 Å². The third kappa shape index (κ3) is 4.51. The summed E-state index contributed by atoms with van der Waals surface area (Å²) in [5.41, 5.74) is 0.688. The average Bonchev–Trinajstić information content (AvgIpc) is 2.95. The van der Waals surface area contributed by atoms with Crippen molar-refractivity contribution in [2.24, 2.45) is 0 Å². The van der Waals surface area contributed by atoms with Gasteiger partial charge in [-0.2, -0.15) is 4.98 Å². The highest BCUT2D eigenvalue weighted by Crippen LogP contribution is 2.21. The van der Waals surface area contributed by atoms with E-state index in [4.69, 9.17) is 4.52 Å². The Morgan fingerprint density at radius 1 is 1.26 bits per heavy atom. The molecule has 0 aliphatic carbocycles. The fourth-order valence-corrected chi connectivity index (χ4v) is 2.71. The molecule has 1 heterocycles. The number of halogens is 1. The molecule has 0 radical (unpaired) electrons. The van der Waals surface area contributed by atoms with Gasteiger partial charge < -0.3 is 9.84 Å². The predicted molar refractivity (Wildman–Crippen MR) is 90.1 cm³/mol. The number of sulfonamides is 1. The van der Waals surface area contributed by atoms with Crippen LogP contribution < -0.4 is 5.32 Å². The summed E-state index contributed by atoms with van der Waals surface area (Å²) in [5.74, 6) is 0.994. The van der Waals surface area contributed by atoms with E-state index in [9.17, 15) is 8.42 Å². The van der Waals surface area contributed by atoms with Gasteiger partial charge in [-0.25, -0.2) is 12.7 Å². The highest BCUT2D eigenvalue weighted by Gasteiger charge is 2.18. The maximum absolute atomic E-state index is 12.0. The maximum Gasteiger partial charge on any atom is 0.257 e. The van der Waals surface area contributed by atoms with Gasteiger partial charge in [0.05, 0.1) is 4.90 Å². The van der Waals surface area contributed by atoms with Crippen LogP contribution in [-0.2, 0) is 16.4 Å². The van der Waals surface area contributed by atoms with Gasteiger partial charge in [-0.1, -0.05) is 5.16 Å². The molecule has 23 heavy (non-hydrogen) atoms. The summed E-state index contributed by atoms with van der Waals surface area (Å²) in [4.78, 5) is 4.54. The molecule has 1 aromatic carbocycles. The Morgan fingerprint density at radius 2 is 1.87 bits per heavy atom. The summed E-state index contributed by atoms with van der Waals surface area (Å²) in [5, 5.41) is 7.03. The minimum absolute atomic E-state index is 0. The van der Waals surface area contributed by atoms with Gasteiger partial charge in [0.1, 0.15) is 0 Å². The first kappa shape index (κ1) is 19.6. The van der Waals surface area contributed by atoms with Gasteiger partial charge in [0, 0.05) is 32.1 Å². The van der Waals surface area contributed by atoms with Gasteiger partial charge in [-0.15, -0.1) is 12.4 Å². The normalized spacial score (nSPS) is 12.9. The second-order valence-electron chi connectivity index (χ2n) is 5.22. The van der Waals surface area contributed by atoms with Gasteiger partial charge in [-0.3, -0.25) is 0 Å². The molecule has 9 heteroatoms. The van der Waals surface area contributed by atoms with Crippen molar-refractivity contribution in [1.29, 1.82) is 0 Å². The molecule has 0 bridgehead atoms. The van der Waals surface area contributed by atoms with Crippen LogP contribution in [0.15, 0.2) is 33.7 Å². The number of rotatable bonds is 6. The lowest BCUT2D eigenvalue weighted by atomic mass is 10.2. The highest BCUT2D eigenvalue weighted by molar-refractivity contribution is 7.89. The first-order valence-electron chi connectivity index (χ1n) is 6.87. The van der Waals surface area contributed by atoms with Crippen LogP contribution in [0.4, 0.5) is 0 Å². The topological polar surface area (TPSA) is 88.3 Å². The second-order valence-corrected chi connectivity index (χ2v) is 7.37. The molecule has 1 aromatic heterocycles. The van der Waals surface area contributed by atoms with Gasteiger partial charge in [0.25, 0.3) is 5.89 Å². The van der Waals surface area contributed by atoms with Crippen LogP contribution >= 0.6 is 12.4 Å². The van der Waals surface area contributed by atoms with E-state index in [1.54, 1.807) is 12.1 Å². The van der Waals surface area contributed by atoms with Crippen LogP contribution in [0.25, 0.3) is 11.5 Å². The van der Waals surface area contributed by atoms with Crippen LogP contribution in [0, 0.1) is 0 Å². The van der Waals surface area contributed by atoms with E-state index in [1.807, 2.05) is 14.0 Å². The van der Waals surface area contributed by atoms with E-state index in [1.165, 1.54) is 30.5 Å². The Morgan fingerprint density at radius 3 is 2.39 bits per heavy atom. The van der Waals surface area contributed by atoms with Gasteiger partial charge in [0.15, 0.2) is 5.82 Å². The predicted octanol–water partition coefficient (Wildman–Crippen LogP) is 1.56. The minimum Gasteiger partial charge on any atom is -0.334 e. The van der Waals surface area contributed by atoms with Gasteiger partial charge in [0.2, 0.25) is 10.0 Å². The molecule has 0 fully saturated rings. The third-order valence-corrected chi connectivity index (χ3v) is 5.16. The molecule has 2 rings (SSSR count). The summed E-state index contributed by atoms with van der Waals surface area (Å²) in [6.07, 6.45) is 0.660. The lowest BCUT2D eigenvalue weighted by Crippen LogP contribution is -2.24. The largest absolute Gasteiger partial charge is 0.334 e. The Balaban J connectivity index is 0.00000264. The molecule has 7 nitrogen and oxygen atoms in total. The number of benzene rings is 1. The maximum atomic E-state index is 12.0. The van der Waals surface area contributed by atoms with Gasteiger partial charge >= 0.3 is 0 Å². The van der Waals surface area contributed by atoms with Crippen LogP contribution in [0.3, 0.4) is 0 Å². The van der Waals surface area contributed by atoms with E-state index in [2.05, 4.69) is 15.5 Å². The Labute approximate surface area is 142 Å². The highest BCUT2D eigenvalue weighted by atomic mass is 35.5. The lowest BCUT2D eigenvalue weighted by molar-refractivity contribution is 0.418. The molecule has 0 aliphatic rings. The lowest BCUT2D eigenvalue weighted by Gasteiger charge is -2.10. The van der Waals surface area contributed by atoms with E-state index in [0.29, 0.717) is 23.7 Å². The van der Waals surface area contributed by atoms with Crippen molar-refractivity contribution in [1.82, 2.24) is 19.8 Å². The zero-order valence-electron chi connectivity index (χ0n) is 13.5. The Bertz CT molecular complexity index is 729. The third-order valence-electron chi connectivity index (χ3n) is 3.33. The molecule has 128 valence electrons. The van der Waals surface area contributed by atoms with Crippen LogP contribution in [-0.4, -0.2) is 50.0 Å². The van der Waals surface area contributed by atoms with Crippen LogP contribution in [0.2, 0.25) is 0 Å². The number of nitrogens with one attached hydrogen (secondary N) is 1. The van der Waals surface area contributed by atoms with Crippen molar-refractivity contribution in [2.75, 3.05) is 21.1 Å². The quantitative estimate of drug-likeness (QED) is 0.841. The number of nitrogens with zero attached hydrogens (tertiary/aromatic N) is 3. The molecular weight excluding hydrogens is 340 g/mol. The average molecular weight is 361 g/mol. The molecular formula is C14H21ClN4O3S. The summed E-state index contributed by atoms with van der Waals surface area (Å²) in [7, 11) is 1.43. The number of aromatic nitrogens is 2. The first-order chi connectivity index (χ1) is 10.3. The van der Waals surface area contributed by atoms with Crippen molar-refractivity contribution in [2.45, 2.75) is 24.3 Å². The molecule has 0 saturated carbocycles. The monoisotopic (exact) mass is 360 g/mol. The molecule has 1 atom stereocenters. The number of hydrogen-bond donors (Lipinski definition) is 1. The van der Waals surface area contributed by atoms with Crippen LogP contribution in [0.5, 0.6) is 0 Å². The molecule has 0 spiro atoms. The standard InChI is InChI=1S/C14H20N4O3S.ClH/c1-10(15-2)9-13-16-14(21-17-13)11-5-7-12(8-6-11)22(19,20)18(3)4;/h5-8,10,15H,9H2,1-4H3;1H. The van der Waals surface area contributed by atoms with Crippen molar-refractivity contribution < 1.29 is 12.9 Å². The van der Waals surface area contributed by atoms with Crippen molar-refractivity contribution >= 4 is 22.4 Å². The second kappa shape index (κ2) is 7.87. The summed E-state index contributed by atoms with van der Waals surface area (Å²) in [6.45, 7) is 2.02. The minimum atomic E-state index is -3.43. The first-order valence-corrected chi connectivity index (χ1v) is 8.31. The number of hydrogen-bond acceptors (Lipinski definition) is 6. The van der Waals surface area contributed by atoms with E-state index < -0.39 is 10.0 Å². The van der Waals surface area contributed by atoms with Gasteiger partial charge in [-0.05, 0) is 38.2 Å². The van der Waals surface area contributed by atoms with E-state index >= 15 is 0 Å². The molecule has 1 N–H and O–H groups in total. The molecule has 1 unspecified atom stereocenters. The van der Waals surface area contributed by atoms with Crippen molar-refractivity contribution in [3.8, 4) is 11.5 Å². The van der Waals surface area contributed by atoms with E-state index in [0.717, 1.165) is 0 Å². The fraction of sp³-hybridized carbons (Fsp3) is 0.429. The molecule has 0 aliphatic heterocycles. The Hall–Kier alpha value is -1.48. The zero-order chi connectivity index (χ0) is 16.3. The molecule has 0 amide bonds. The summed E-state index contributed by atoms with van der Waals surface area (Å²) >= 11 is 0. The summed E-state index contributed by atoms with van der Waals surface area (Å²) < 4.78 is 30.4. The van der Waals surface area contributed by atoms with Crippen molar-refractivity contribution in [3.05, 3.63) is 30.1 Å². The Kier molecular flexibility index (Phi) is 6.69. The fourth-order valence-electron chi connectivity index (χ4n) is 1.81. The SMILES string of the molecule is CNC(C)Cc1noc(-c2ccc(S(=O)(=O)N(C)C)cc2)n1.Cl. The molecule has 2 aromatic rings. The zero-order valence-corrected chi connectivity index (χ0v) is 15.1. The van der Waals surface area contributed by atoms with E-state index in [-0.39, 0.29) is 23.3 Å².